The summed E-state index contributed by atoms with van der Waals surface area (Å²) in [5.41, 5.74) is 1.25. The first-order valence-corrected chi connectivity index (χ1v) is 7.81. The van der Waals surface area contributed by atoms with E-state index in [0.717, 1.165) is 4.47 Å². The van der Waals surface area contributed by atoms with Crippen molar-refractivity contribution in [3.63, 3.8) is 0 Å². The van der Waals surface area contributed by atoms with Crippen LogP contribution in [0.25, 0.3) is 0 Å². The van der Waals surface area contributed by atoms with E-state index in [0.29, 0.717) is 0 Å². The number of rotatable bonds is 6. The van der Waals surface area contributed by atoms with Crippen LogP contribution in [0.4, 0.5) is 0 Å². The maximum absolute atomic E-state index is 9.26. The van der Waals surface area contributed by atoms with Crippen molar-refractivity contribution in [1.29, 1.82) is 0 Å². The van der Waals surface area contributed by atoms with Crippen LogP contribution in [0.2, 0.25) is 0 Å². The molecule has 0 aliphatic rings. The Labute approximate surface area is 116 Å². The van der Waals surface area contributed by atoms with Crippen molar-refractivity contribution < 1.29 is 5.11 Å². The molecule has 0 spiro atoms. The fraction of sp³-hybridized carbons (Fsp3) is 0.538. The molecular formula is C13H20BrNOS. The molecule has 0 radical (unpaired) electrons. The summed E-state index contributed by atoms with van der Waals surface area (Å²) in [6, 6.07) is 8.87. The average molecular weight is 318 g/mol. The standard InChI is InChI=1S/C13H20BrNOS/c1-9(11-5-4-6-12(14)7-11)15-10(2)13(8-16)17-3/h4-7,9-10,13,15-16H,8H2,1-3H3. The second-order valence-electron chi connectivity index (χ2n) is 4.19. The number of hydrogen-bond acceptors (Lipinski definition) is 3. The van der Waals surface area contributed by atoms with Gasteiger partial charge in [-0.15, -0.1) is 0 Å². The Morgan fingerprint density at radius 3 is 2.65 bits per heavy atom. The van der Waals surface area contributed by atoms with Gasteiger partial charge in [0.05, 0.1) is 6.61 Å². The van der Waals surface area contributed by atoms with Crippen LogP contribution < -0.4 is 5.32 Å². The first-order valence-electron chi connectivity index (χ1n) is 5.73. The smallest absolute Gasteiger partial charge is 0.0564 e. The molecule has 2 N–H and O–H groups in total. The van der Waals surface area contributed by atoms with E-state index in [4.69, 9.17) is 0 Å². The molecule has 1 aromatic carbocycles. The second kappa shape index (κ2) is 7.41. The van der Waals surface area contributed by atoms with Gasteiger partial charge in [-0.1, -0.05) is 28.1 Å². The Morgan fingerprint density at radius 2 is 2.12 bits per heavy atom. The highest BCUT2D eigenvalue weighted by atomic mass is 79.9. The number of aliphatic hydroxyl groups excluding tert-OH is 1. The zero-order chi connectivity index (χ0) is 12.8. The summed E-state index contributed by atoms with van der Waals surface area (Å²) in [5, 5.41) is 13.0. The van der Waals surface area contributed by atoms with Gasteiger partial charge in [0, 0.05) is 21.8 Å². The van der Waals surface area contributed by atoms with E-state index < -0.39 is 0 Å². The Kier molecular flexibility index (Phi) is 6.55. The van der Waals surface area contributed by atoms with Crippen molar-refractivity contribution in [2.45, 2.75) is 31.2 Å². The van der Waals surface area contributed by atoms with Gasteiger partial charge in [-0.25, -0.2) is 0 Å². The van der Waals surface area contributed by atoms with Gasteiger partial charge in [0.1, 0.15) is 0 Å². The van der Waals surface area contributed by atoms with Crippen molar-refractivity contribution in [3.05, 3.63) is 34.3 Å². The molecule has 1 aromatic rings. The summed E-state index contributed by atoms with van der Waals surface area (Å²) in [6.07, 6.45) is 2.03. The van der Waals surface area contributed by atoms with E-state index >= 15 is 0 Å². The van der Waals surface area contributed by atoms with Crippen LogP contribution >= 0.6 is 27.7 Å². The normalized spacial score (nSPS) is 16.5. The van der Waals surface area contributed by atoms with Crippen LogP contribution in [0.15, 0.2) is 28.7 Å². The summed E-state index contributed by atoms with van der Waals surface area (Å²) >= 11 is 5.18. The molecule has 2 nitrogen and oxygen atoms in total. The SMILES string of the molecule is CSC(CO)C(C)NC(C)c1cccc(Br)c1. The van der Waals surface area contributed by atoms with Crippen LogP contribution in [0.5, 0.6) is 0 Å². The topological polar surface area (TPSA) is 32.3 Å². The fourth-order valence-electron chi connectivity index (χ4n) is 1.81. The monoisotopic (exact) mass is 317 g/mol. The molecule has 3 unspecified atom stereocenters. The molecule has 0 amide bonds. The third-order valence-electron chi connectivity index (χ3n) is 2.90. The molecule has 4 heteroatoms. The van der Waals surface area contributed by atoms with Crippen molar-refractivity contribution in [2.24, 2.45) is 0 Å². The van der Waals surface area contributed by atoms with E-state index in [1.165, 1.54) is 5.56 Å². The largest absolute Gasteiger partial charge is 0.395 e. The van der Waals surface area contributed by atoms with Crippen LogP contribution in [-0.2, 0) is 0 Å². The number of halogens is 1. The number of nitrogens with one attached hydrogen (secondary N) is 1. The molecule has 0 fully saturated rings. The molecule has 0 aliphatic heterocycles. The lowest BCUT2D eigenvalue weighted by Crippen LogP contribution is -2.38. The molecule has 0 aromatic heterocycles. The Morgan fingerprint density at radius 1 is 1.41 bits per heavy atom. The third kappa shape index (κ3) is 4.62. The third-order valence-corrected chi connectivity index (χ3v) is 4.56. The van der Waals surface area contributed by atoms with Gasteiger partial charge in [0.2, 0.25) is 0 Å². The maximum Gasteiger partial charge on any atom is 0.0564 e. The lowest BCUT2D eigenvalue weighted by Gasteiger charge is -2.25. The Hall–Kier alpha value is -0.0300. The molecular weight excluding hydrogens is 298 g/mol. The molecule has 1 rings (SSSR count). The van der Waals surface area contributed by atoms with Gasteiger partial charge in [-0.05, 0) is 37.8 Å². The quantitative estimate of drug-likeness (QED) is 0.845. The lowest BCUT2D eigenvalue weighted by molar-refractivity contribution is 0.272. The van der Waals surface area contributed by atoms with Gasteiger partial charge in [-0.2, -0.15) is 11.8 Å². The van der Waals surface area contributed by atoms with Crippen LogP contribution in [-0.4, -0.2) is 29.3 Å². The summed E-state index contributed by atoms with van der Waals surface area (Å²) in [4.78, 5) is 0. The molecule has 0 bridgehead atoms. The number of thioether (sulfide) groups is 1. The van der Waals surface area contributed by atoms with Gasteiger partial charge in [0.15, 0.2) is 0 Å². The van der Waals surface area contributed by atoms with E-state index in [-0.39, 0.29) is 23.9 Å². The number of benzene rings is 1. The van der Waals surface area contributed by atoms with Crippen LogP contribution in [0.1, 0.15) is 25.5 Å². The molecule has 0 aliphatic carbocycles. The van der Waals surface area contributed by atoms with Crippen LogP contribution in [0, 0.1) is 0 Å². The Balaban J connectivity index is 2.62. The first-order chi connectivity index (χ1) is 8.08. The fourth-order valence-corrected chi connectivity index (χ4v) is 2.86. The van der Waals surface area contributed by atoms with E-state index in [2.05, 4.69) is 47.2 Å². The van der Waals surface area contributed by atoms with Crippen molar-refractivity contribution in [3.8, 4) is 0 Å². The predicted octanol–water partition coefficient (Wildman–Crippen LogP) is 3.21. The molecule has 17 heavy (non-hydrogen) atoms. The van der Waals surface area contributed by atoms with Crippen molar-refractivity contribution in [2.75, 3.05) is 12.9 Å². The highest BCUT2D eigenvalue weighted by Crippen LogP contribution is 2.20. The van der Waals surface area contributed by atoms with E-state index in [1.807, 2.05) is 18.4 Å². The predicted molar refractivity (Wildman–Crippen MR) is 79.5 cm³/mol. The van der Waals surface area contributed by atoms with E-state index in [9.17, 15) is 5.11 Å². The highest BCUT2D eigenvalue weighted by Gasteiger charge is 2.17. The average Bonchev–Trinajstić information content (AvgIpc) is 2.30. The Bertz CT molecular complexity index is 344. The molecule has 3 atom stereocenters. The summed E-state index contributed by atoms with van der Waals surface area (Å²) in [5.74, 6) is 0. The minimum atomic E-state index is 0.209. The number of aliphatic hydroxyl groups is 1. The molecule has 0 heterocycles. The first kappa shape index (κ1) is 15.0. The van der Waals surface area contributed by atoms with Crippen molar-refractivity contribution in [1.82, 2.24) is 5.32 Å². The lowest BCUT2D eigenvalue weighted by atomic mass is 10.1. The number of hydrogen-bond donors (Lipinski definition) is 2. The van der Waals surface area contributed by atoms with Gasteiger partial charge in [0.25, 0.3) is 0 Å². The summed E-state index contributed by atoms with van der Waals surface area (Å²) < 4.78 is 1.10. The molecule has 0 saturated heterocycles. The second-order valence-corrected chi connectivity index (χ2v) is 6.18. The zero-order valence-electron chi connectivity index (χ0n) is 10.5. The van der Waals surface area contributed by atoms with Crippen molar-refractivity contribution >= 4 is 27.7 Å². The van der Waals surface area contributed by atoms with Crippen LogP contribution in [0.3, 0.4) is 0 Å². The highest BCUT2D eigenvalue weighted by molar-refractivity contribution is 9.10. The van der Waals surface area contributed by atoms with Gasteiger partial charge >= 0.3 is 0 Å². The summed E-state index contributed by atoms with van der Waals surface area (Å²) in [7, 11) is 0. The minimum Gasteiger partial charge on any atom is -0.395 e. The molecule has 96 valence electrons. The van der Waals surface area contributed by atoms with Gasteiger partial charge < -0.3 is 10.4 Å². The maximum atomic E-state index is 9.26. The zero-order valence-corrected chi connectivity index (χ0v) is 12.9. The molecule has 0 saturated carbocycles. The summed E-state index contributed by atoms with van der Waals surface area (Å²) in [6.45, 7) is 4.47. The van der Waals surface area contributed by atoms with E-state index in [1.54, 1.807) is 11.8 Å². The minimum absolute atomic E-state index is 0.209. The van der Waals surface area contributed by atoms with Gasteiger partial charge in [-0.3, -0.25) is 0 Å².